The minimum atomic E-state index is 0.0323. The van der Waals surface area contributed by atoms with Gasteiger partial charge in [-0.15, -0.1) is 0 Å². The minimum Gasteiger partial charge on any atom is -0.352 e. The van der Waals surface area contributed by atoms with Crippen LogP contribution in [-0.2, 0) is 11.2 Å². The molecule has 1 unspecified atom stereocenters. The van der Waals surface area contributed by atoms with Gasteiger partial charge in [0.1, 0.15) is 0 Å². The lowest BCUT2D eigenvalue weighted by atomic mass is 10.1. The molecule has 2 heterocycles. The van der Waals surface area contributed by atoms with Crippen molar-refractivity contribution in [2.75, 3.05) is 6.54 Å². The van der Waals surface area contributed by atoms with Gasteiger partial charge in [-0.05, 0) is 55.1 Å². The summed E-state index contributed by atoms with van der Waals surface area (Å²) in [7, 11) is 0. The summed E-state index contributed by atoms with van der Waals surface area (Å²) in [5.41, 5.74) is 1.30. The van der Waals surface area contributed by atoms with E-state index in [-0.39, 0.29) is 18.0 Å². The maximum Gasteiger partial charge on any atom is 0.237 e. The number of carbonyl (C=O) groups excluding carboxylic acids is 1. The third-order valence-electron chi connectivity index (χ3n) is 2.89. The number of carbonyl (C=O) groups is 1. The Bertz CT molecular complexity index is 331. The molecule has 2 rings (SSSR count). The van der Waals surface area contributed by atoms with Crippen LogP contribution in [-0.4, -0.2) is 24.5 Å². The van der Waals surface area contributed by atoms with Gasteiger partial charge in [0, 0.05) is 6.04 Å². The molecule has 0 bridgehead atoms. The smallest absolute Gasteiger partial charge is 0.237 e. The molecule has 0 spiro atoms. The Labute approximate surface area is 100 Å². The Hall–Kier alpha value is -0.870. The number of hydrogen-bond donors (Lipinski definition) is 2. The van der Waals surface area contributed by atoms with Crippen LogP contribution in [0.25, 0.3) is 0 Å². The SMILES string of the molecule is CC(Cc1ccsc1)NC(=O)[C@H]1CCCN1. The highest BCUT2D eigenvalue weighted by Gasteiger charge is 2.22. The molecule has 1 fully saturated rings. The highest BCUT2D eigenvalue weighted by Crippen LogP contribution is 2.09. The van der Waals surface area contributed by atoms with Gasteiger partial charge in [0.2, 0.25) is 5.91 Å². The van der Waals surface area contributed by atoms with E-state index in [1.807, 2.05) is 0 Å². The van der Waals surface area contributed by atoms with E-state index in [2.05, 4.69) is 34.4 Å². The molecule has 3 nitrogen and oxygen atoms in total. The fraction of sp³-hybridized carbons (Fsp3) is 0.583. The molecule has 1 aliphatic rings. The van der Waals surface area contributed by atoms with Crippen LogP contribution in [0.3, 0.4) is 0 Å². The normalized spacial score (nSPS) is 21.9. The van der Waals surface area contributed by atoms with Gasteiger partial charge in [-0.1, -0.05) is 0 Å². The van der Waals surface area contributed by atoms with Crippen molar-refractivity contribution in [3.63, 3.8) is 0 Å². The van der Waals surface area contributed by atoms with E-state index >= 15 is 0 Å². The molecule has 0 aromatic carbocycles. The summed E-state index contributed by atoms with van der Waals surface area (Å²) in [4.78, 5) is 11.8. The van der Waals surface area contributed by atoms with Gasteiger partial charge in [-0.2, -0.15) is 11.3 Å². The summed E-state index contributed by atoms with van der Waals surface area (Å²) in [6.07, 6.45) is 3.00. The lowest BCUT2D eigenvalue weighted by molar-refractivity contribution is -0.123. The Morgan fingerprint density at radius 1 is 1.75 bits per heavy atom. The first-order valence-corrected chi connectivity index (χ1v) is 6.75. The second-order valence-electron chi connectivity index (χ2n) is 4.39. The van der Waals surface area contributed by atoms with Gasteiger partial charge in [0.15, 0.2) is 0 Å². The van der Waals surface area contributed by atoms with Gasteiger partial charge in [-0.3, -0.25) is 4.79 Å². The maximum absolute atomic E-state index is 11.8. The highest BCUT2D eigenvalue weighted by atomic mass is 32.1. The molecule has 0 saturated carbocycles. The summed E-state index contributed by atoms with van der Waals surface area (Å²) in [6, 6.07) is 2.36. The average Bonchev–Trinajstić information content (AvgIpc) is 2.88. The first-order chi connectivity index (χ1) is 7.75. The van der Waals surface area contributed by atoms with E-state index in [1.165, 1.54) is 5.56 Å². The first-order valence-electron chi connectivity index (χ1n) is 5.80. The Kier molecular flexibility index (Phi) is 3.96. The summed E-state index contributed by atoms with van der Waals surface area (Å²) in [5.74, 6) is 0.153. The average molecular weight is 238 g/mol. The van der Waals surface area contributed by atoms with Crippen molar-refractivity contribution in [2.24, 2.45) is 0 Å². The van der Waals surface area contributed by atoms with Crippen LogP contribution in [0, 0.1) is 0 Å². The summed E-state index contributed by atoms with van der Waals surface area (Å²) >= 11 is 1.70. The van der Waals surface area contributed by atoms with Crippen molar-refractivity contribution in [3.8, 4) is 0 Å². The predicted molar refractivity (Wildman–Crippen MR) is 66.7 cm³/mol. The lowest BCUT2D eigenvalue weighted by Crippen LogP contribution is -2.44. The van der Waals surface area contributed by atoms with E-state index in [1.54, 1.807) is 11.3 Å². The van der Waals surface area contributed by atoms with E-state index in [4.69, 9.17) is 0 Å². The fourth-order valence-corrected chi connectivity index (χ4v) is 2.75. The zero-order valence-corrected chi connectivity index (χ0v) is 10.3. The monoisotopic (exact) mass is 238 g/mol. The van der Waals surface area contributed by atoms with Crippen LogP contribution in [0.5, 0.6) is 0 Å². The van der Waals surface area contributed by atoms with Crippen molar-refractivity contribution in [2.45, 2.75) is 38.3 Å². The number of rotatable bonds is 4. The molecule has 0 aliphatic carbocycles. The first kappa shape index (κ1) is 11.6. The van der Waals surface area contributed by atoms with Crippen molar-refractivity contribution in [3.05, 3.63) is 22.4 Å². The summed E-state index contributed by atoms with van der Waals surface area (Å²) < 4.78 is 0. The zero-order chi connectivity index (χ0) is 11.4. The molecule has 0 radical (unpaired) electrons. The van der Waals surface area contributed by atoms with Gasteiger partial charge in [0.25, 0.3) is 0 Å². The van der Waals surface area contributed by atoms with E-state index in [0.717, 1.165) is 25.8 Å². The van der Waals surface area contributed by atoms with Crippen LogP contribution < -0.4 is 10.6 Å². The Balaban J connectivity index is 1.78. The van der Waals surface area contributed by atoms with Crippen LogP contribution in [0.1, 0.15) is 25.3 Å². The number of nitrogens with one attached hydrogen (secondary N) is 2. The molecular weight excluding hydrogens is 220 g/mol. The van der Waals surface area contributed by atoms with E-state index in [0.29, 0.717) is 0 Å². The van der Waals surface area contributed by atoms with Gasteiger partial charge < -0.3 is 10.6 Å². The molecule has 4 heteroatoms. The molecule has 1 aromatic heterocycles. The maximum atomic E-state index is 11.8. The standard InChI is InChI=1S/C12H18N2OS/c1-9(7-10-4-6-16-8-10)14-12(15)11-3-2-5-13-11/h4,6,8-9,11,13H,2-3,5,7H2,1H3,(H,14,15)/t9?,11-/m1/s1. The topological polar surface area (TPSA) is 41.1 Å². The van der Waals surface area contributed by atoms with Crippen molar-refractivity contribution in [1.82, 2.24) is 10.6 Å². The molecule has 1 amide bonds. The second-order valence-corrected chi connectivity index (χ2v) is 5.17. The van der Waals surface area contributed by atoms with Gasteiger partial charge in [-0.25, -0.2) is 0 Å². The van der Waals surface area contributed by atoms with Crippen molar-refractivity contribution in [1.29, 1.82) is 0 Å². The molecule has 2 N–H and O–H groups in total. The van der Waals surface area contributed by atoms with Gasteiger partial charge in [0.05, 0.1) is 6.04 Å². The number of amides is 1. The predicted octanol–water partition coefficient (Wildman–Crippen LogP) is 1.55. The third-order valence-corrected chi connectivity index (χ3v) is 3.62. The largest absolute Gasteiger partial charge is 0.352 e. The molecule has 1 aliphatic heterocycles. The minimum absolute atomic E-state index is 0.0323. The Morgan fingerprint density at radius 2 is 2.62 bits per heavy atom. The van der Waals surface area contributed by atoms with Crippen LogP contribution in [0.15, 0.2) is 16.8 Å². The molecule has 88 valence electrons. The van der Waals surface area contributed by atoms with E-state index in [9.17, 15) is 4.79 Å². The molecular formula is C12H18N2OS. The van der Waals surface area contributed by atoms with Crippen molar-refractivity contribution < 1.29 is 4.79 Å². The van der Waals surface area contributed by atoms with Gasteiger partial charge >= 0.3 is 0 Å². The van der Waals surface area contributed by atoms with Crippen LogP contribution in [0.4, 0.5) is 0 Å². The van der Waals surface area contributed by atoms with Crippen LogP contribution >= 0.6 is 11.3 Å². The molecule has 1 aromatic rings. The molecule has 2 atom stereocenters. The molecule has 16 heavy (non-hydrogen) atoms. The van der Waals surface area contributed by atoms with Crippen molar-refractivity contribution >= 4 is 17.2 Å². The zero-order valence-electron chi connectivity index (χ0n) is 9.53. The third kappa shape index (κ3) is 3.06. The fourth-order valence-electron chi connectivity index (χ4n) is 2.07. The molecule has 1 saturated heterocycles. The van der Waals surface area contributed by atoms with Crippen LogP contribution in [0.2, 0.25) is 0 Å². The summed E-state index contributed by atoms with van der Waals surface area (Å²) in [5, 5.41) is 10.5. The van der Waals surface area contributed by atoms with E-state index < -0.39 is 0 Å². The number of thiophene rings is 1. The lowest BCUT2D eigenvalue weighted by Gasteiger charge is -2.16. The highest BCUT2D eigenvalue weighted by molar-refractivity contribution is 7.07. The quantitative estimate of drug-likeness (QED) is 0.835. The second kappa shape index (κ2) is 5.46. The number of hydrogen-bond acceptors (Lipinski definition) is 3. The summed E-state index contributed by atoms with van der Waals surface area (Å²) in [6.45, 7) is 3.03. The Morgan fingerprint density at radius 3 is 3.25 bits per heavy atom.